The number of thioether (sulfide) groups is 1. The molecule has 142 valence electrons. The van der Waals surface area contributed by atoms with Gasteiger partial charge in [0, 0.05) is 5.69 Å². The van der Waals surface area contributed by atoms with E-state index >= 15 is 0 Å². The van der Waals surface area contributed by atoms with Crippen molar-refractivity contribution in [1.82, 2.24) is 0 Å². The molecule has 0 aromatic heterocycles. The first kappa shape index (κ1) is 20.5. The van der Waals surface area contributed by atoms with Crippen LogP contribution >= 0.6 is 11.8 Å². The van der Waals surface area contributed by atoms with Crippen molar-refractivity contribution in [1.29, 1.82) is 0 Å². The molecule has 2 N–H and O–H groups in total. The minimum atomic E-state index is -4.54. The summed E-state index contributed by atoms with van der Waals surface area (Å²) in [7, 11) is 0. The summed E-state index contributed by atoms with van der Waals surface area (Å²) in [5.74, 6) is -2.74. The van der Waals surface area contributed by atoms with Gasteiger partial charge in [-0.05, 0) is 42.0 Å². The molecule has 0 saturated heterocycles. The van der Waals surface area contributed by atoms with Crippen molar-refractivity contribution in [3.8, 4) is 0 Å². The molecule has 27 heavy (non-hydrogen) atoms. The summed E-state index contributed by atoms with van der Waals surface area (Å²) in [6.45, 7) is 0. The number of amides is 1. The highest BCUT2D eigenvalue weighted by molar-refractivity contribution is 8.04. The molecule has 0 fully saturated rings. The lowest BCUT2D eigenvalue weighted by atomic mass is 10.2. The molecule has 0 spiro atoms. The number of carbonyl (C=O) groups excluding carboxylic acids is 1. The number of nitrogens with one attached hydrogen (secondary N) is 1. The van der Waals surface area contributed by atoms with E-state index in [4.69, 9.17) is 0 Å². The minimum Gasteiger partial charge on any atom is -0.477 e. The number of anilines is 1. The average Bonchev–Trinajstić information content (AvgIpc) is 2.59. The second-order valence-corrected chi connectivity index (χ2v) is 6.30. The molecule has 4 nitrogen and oxygen atoms in total. The molecule has 0 aliphatic carbocycles. The fraction of sp³-hybridized carbons (Fsp3) is 0.111. The van der Waals surface area contributed by atoms with Gasteiger partial charge in [-0.3, -0.25) is 4.79 Å². The van der Waals surface area contributed by atoms with E-state index in [0.29, 0.717) is 17.3 Å². The van der Waals surface area contributed by atoms with Gasteiger partial charge in [-0.15, -0.1) is 11.8 Å². The lowest BCUT2D eigenvalue weighted by Gasteiger charge is -2.10. The van der Waals surface area contributed by atoms with Crippen LogP contribution in [0.1, 0.15) is 11.1 Å². The zero-order valence-corrected chi connectivity index (χ0v) is 14.4. The van der Waals surface area contributed by atoms with Gasteiger partial charge in [0.05, 0.1) is 16.2 Å². The van der Waals surface area contributed by atoms with Gasteiger partial charge < -0.3 is 10.4 Å². The Morgan fingerprint density at radius 2 is 1.78 bits per heavy atom. The van der Waals surface area contributed by atoms with Crippen molar-refractivity contribution in [3.05, 3.63) is 70.4 Å². The van der Waals surface area contributed by atoms with Gasteiger partial charge in [-0.1, -0.05) is 18.2 Å². The van der Waals surface area contributed by atoms with Gasteiger partial charge in [0.25, 0.3) is 0 Å². The van der Waals surface area contributed by atoms with Crippen molar-refractivity contribution >= 4 is 35.4 Å². The highest BCUT2D eigenvalue weighted by Crippen LogP contribution is 2.30. The van der Waals surface area contributed by atoms with E-state index in [2.05, 4.69) is 5.32 Å². The van der Waals surface area contributed by atoms with Crippen LogP contribution in [0.15, 0.2) is 53.4 Å². The molecule has 0 bridgehead atoms. The van der Waals surface area contributed by atoms with Gasteiger partial charge in [0.1, 0.15) is 5.82 Å². The normalized spacial score (nSPS) is 11.9. The Hall–Kier alpha value is -2.81. The Morgan fingerprint density at radius 3 is 2.37 bits per heavy atom. The van der Waals surface area contributed by atoms with Crippen molar-refractivity contribution in [3.63, 3.8) is 0 Å². The minimum absolute atomic E-state index is 0.0465. The number of benzene rings is 2. The van der Waals surface area contributed by atoms with E-state index in [9.17, 15) is 32.3 Å². The van der Waals surface area contributed by atoms with E-state index in [-0.39, 0.29) is 16.3 Å². The Bertz CT molecular complexity index is 864. The number of alkyl halides is 3. The van der Waals surface area contributed by atoms with Gasteiger partial charge in [0.2, 0.25) is 5.91 Å². The summed E-state index contributed by atoms with van der Waals surface area (Å²) in [5.41, 5.74) is -0.523. The maximum atomic E-state index is 12.9. The number of aliphatic carboxylic acids is 1. The van der Waals surface area contributed by atoms with Crippen LogP contribution in [0.25, 0.3) is 6.08 Å². The van der Waals surface area contributed by atoms with E-state index in [1.165, 1.54) is 24.3 Å². The summed E-state index contributed by atoms with van der Waals surface area (Å²) < 4.78 is 50.9. The van der Waals surface area contributed by atoms with E-state index in [0.717, 1.165) is 30.3 Å². The molecule has 0 aliphatic heterocycles. The summed E-state index contributed by atoms with van der Waals surface area (Å²) in [6.07, 6.45) is -3.27. The molecule has 0 unspecified atom stereocenters. The Morgan fingerprint density at radius 1 is 1.11 bits per heavy atom. The zero-order chi connectivity index (χ0) is 20.0. The maximum absolute atomic E-state index is 12.9. The number of carboxylic acid groups (broad SMARTS) is 1. The number of carboxylic acids is 1. The topological polar surface area (TPSA) is 66.4 Å². The summed E-state index contributed by atoms with van der Waals surface area (Å²) >= 11 is 0.699. The molecule has 0 atom stereocenters. The van der Waals surface area contributed by atoms with Gasteiger partial charge in [-0.25, -0.2) is 9.18 Å². The molecule has 1 amide bonds. The Labute approximate surface area is 155 Å². The second-order valence-electron chi connectivity index (χ2n) is 5.28. The molecular weight excluding hydrogens is 386 g/mol. The Kier molecular flexibility index (Phi) is 6.62. The van der Waals surface area contributed by atoms with Crippen LogP contribution < -0.4 is 5.32 Å². The molecular formula is C18H13F4NO3S. The van der Waals surface area contributed by atoms with Crippen LogP contribution in [0.4, 0.5) is 23.2 Å². The van der Waals surface area contributed by atoms with Crippen LogP contribution in [-0.2, 0) is 15.8 Å². The standard InChI is InChI=1S/C18H13F4NO3S/c19-13-6-4-11(5-7-13)8-15(17(25)26)27-10-16(24)23-14-3-1-2-12(9-14)18(20,21)22/h1-9H,10H2,(H,23,24)(H,25,26)/b15-8+. The lowest BCUT2D eigenvalue weighted by Crippen LogP contribution is -2.15. The van der Waals surface area contributed by atoms with Crippen molar-refractivity contribution in [2.45, 2.75) is 6.18 Å². The average molecular weight is 399 g/mol. The molecule has 2 rings (SSSR count). The smallest absolute Gasteiger partial charge is 0.416 e. The lowest BCUT2D eigenvalue weighted by molar-refractivity contribution is -0.137. The molecule has 2 aromatic carbocycles. The van der Waals surface area contributed by atoms with Crippen LogP contribution in [0, 0.1) is 5.82 Å². The number of hydrogen-bond acceptors (Lipinski definition) is 3. The van der Waals surface area contributed by atoms with E-state index in [1.54, 1.807) is 0 Å². The van der Waals surface area contributed by atoms with Crippen molar-refractivity contribution in [2.75, 3.05) is 11.1 Å². The monoisotopic (exact) mass is 399 g/mol. The van der Waals surface area contributed by atoms with Gasteiger partial charge >= 0.3 is 12.1 Å². The zero-order valence-electron chi connectivity index (χ0n) is 13.6. The SMILES string of the molecule is O=C(CS/C(=C/c1ccc(F)cc1)C(=O)O)Nc1cccc(C(F)(F)F)c1. The maximum Gasteiger partial charge on any atom is 0.416 e. The summed E-state index contributed by atoms with van der Waals surface area (Å²) in [5, 5.41) is 11.5. The predicted molar refractivity (Wildman–Crippen MR) is 94.5 cm³/mol. The molecule has 2 aromatic rings. The third kappa shape index (κ3) is 6.45. The Balaban J connectivity index is 2.02. The van der Waals surface area contributed by atoms with Crippen LogP contribution in [0.5, 0.6) is 0 Å². The molecule has 0 radical (unpaired) electrons. The molecule has 0 heterocycles. The van der Waals surface area contributed by atoms with Gasteiger partial charge in [-0.2, -0.15) is 13.2 Å². The van der Waals surface area contributed by atoms with Crippen molar-refractivity contribution in [2.24, 2.45) is 0 Å². The number of halogens is 4. The number of carbonyl (C=O) groups is 2. The first-order valence-electron chi connectivity index (χ1n) is 7.45. The number of hydrogen-bond donors (Lipinski definition) is 2. The molecule has 9 heteroatoms. The third-order valence-corrected chi connectivity index (χ3v) is 4.22. The number of rotatable bonds is 6. The fourth-order valence-corrected chi connectivity index (χ4v) is 2.69. The van der Waals surface area contributed by atoms with E-state index in [1.807, 2.05) is 0 Å². The quantitative estimate of drug-likeness (QED) is 0.549. The highest BCUT2D eigenvalue weighted by atomic mass is 32.2. The van der Waals surface area contributed by atoms with Crippen molar-refractivity contribution < 1.29 is 32.3 Å². The first-order valence-corrected chi connectivity index (χ1v) is 8.44. The van der Waals surface area contributed by atoms with E-state index < -0.39 is 29.4 Å². The first-order chi connectivity index (χ1) is 12.6. The van der Waals surface area contributed by atoms with Crippen LogP contribution in [0.3, 0.4) is 0 Å². The van der Waals surface area contributed by atoms with Crippen LogP contribution in [-0.4, -0.2) is 22.7 Å². The summed E-state index contributed by atoms with van der Waals surface area (Å²) in [4.78, 5) is 23.0. The largest absolute Gasteiger partial charge is 0.477 e. The summed E-state index contributed by atoms with van der Waals surface area (Å²) in [6, 6.07) is 9.19. The predicted octanol–water partition coefficient (Wildman–Crippen LogP) is 4.64. The second kappa shape index (κ2) is 8.72. The third-order valence-electron chi connectivity index (χ3n) is 3.21. The van der Waals surface area contributed by atoms with Gasteiger partial charge in [0.15, 0.2) is 0 Å². The highest BCUT2D eigenvalue weighted by Gasteiger charge is 2.30. The molecule has 0 aliphatic rings. The van der Waals surface area contributed by atoms with Crippen LogP contribution in [0.2, 0.25) is 0 Å². The molecule has 0 saturated carbocycles. The fourth-order valence-electron chi connectivity index (χ4n) is 1.99.